The van der Waals surface area contributed by atoms with E-state index in [4.69, 9.17) is 11.0 Å². The van der Waals surface area contributed by atoms with Crippen LogP contribution in [0.5, 0.6) is 0 Å². The maximum atomic E-state index is 8.62. The molecule has 0 unspecified atom stereocenters. The quantitative estimate of drug-likeness (QED) is 0.629. The molecule has 0 aliphatic heterocycles. The summed E-state index contributed by atoms with van der Waals surface area (Å²) in [6, 6.07) is 1.96. The van der Waals surface area contributed by atoms with Crippen molar-refractivity contribution in [1.29, 1.82) is 5.26 Å². The Bertz CT molecular complexity index is 300. The molecule has 4 heteroatoms. The summed E-state index contributed by atoms with van der Waals surface area (Å²) in [6.45, 7) is 1.92. The van der Waals surface area contributed by atoms with Crippen LogP contribution in [0.2, 0.25) is 0 Å². The molecule has 0 bridgehead atoms. The number of anilines is 1. The van der Waals surface area contributed by atoms with Gasteiger partial charge in [-0.15, -0.1) is 0 Å². The van der Waals surface area contributed by atoms with Gasteiger partial charge in [-0.1, -0.05) is 6.92 Å². The summed E-state index contributed by atoms with van der Waals surface area (Å²) in [5, 5.41) is 8.62. The van der Waals surface area contributed by atoms with Gasteiger partial charge in [0.2, 0.25) is 0 Å². The largest absolute Gasteiger partial charge is 0.382 e. The molecule has 0 saturated heterocycles. The highest BCUT2D eigenvalue weighted by Gasteiger charge is 2.04. The lowest BCUT2D eigenvalue weighted by Gasteiger charge is -1.99. The molecule has 2 N–H and O–H groups in total. The van der Waals surface area contributed by atoms with Crippen molar-refractivity contribution in [1.82, 2.24) is 9.97 Å². The lowest BCUT2D eigenvalue weighted by Crippen LogP contribution is -2.00. The van der Waals surface area contributed by atoms with Gasteiger partial charge in [-0.25, -0.2) is 9.97 Å². The topological polar surface area (TPSA) is 75.6 Å². The number of aromatic nitrogens is 2. The fourth-order valence-corrected chi connectivity index (χ4v) is 0.828. The van der Waals surface area contributed by atoms with Crippen LogP contribution in [-0.4, -0.2) is 9.97 Å². The van der Waals surface area contributed by atoms with Crippen molar-refractivity contribution in [2.75, 3.05) is 5.73 Å². The lowest BCUT2D eigenvalue weighted by molar-refractivity contribution is 0.991. The third kappa shape index (κ3) is 1.27. The molecule has 1 aromatic rings. The molecule has 0 aliphatic carbocycles. The minimum atomic E-state index is 0.263. The first-order chi connectivity index (χ1) is 5.29. The van der Waals surface area contributed by atoms with E-state index in [2.05, 4.69) is 9.97 Å². The molecule has 1 rings (SSSR count). The second-order valence-corrected chi connectivity index (χ2v) is 2.05. The summed E-state index contributed by atoms with van der Waals surface area (Å²) in [5.74, 6) is 0.263. The predicted molar refractivity (Wildman–Crippen MR) is 40.5 cm³/mol. The molecule has 0 amide bonds. The number of hydrogen-bond acceptors (Lipinski definition) is 4. The van der Waals surface area contributed by atoms with Crippen molar-refractivity contribution in [3.63, 3.8) is 0 Å². The molecule has 4 nitrogen and oxygen atoms in total. The Hall–Kier alpha value is -1.63. The van der Waals surface area contributed by atoms with Crippen LogP contribution in [0.1, 0.15) is 18.2 Å². The summed E-state index contributed by atoms with van der Waals surface area (Å²) in [7, 11) is 0. The van der Waals surface area contributed by atoms with Crippen LogP contribution in [0, 0.1) is 11.3 Å². The number of aryl methyl sites for hydroxylation is 1. The zero-order valence-electron chi connectivity index (χ0n) is 6.20. The highest BCUT2D eigenvalue weighted by atomic mass is 14.9. The monoisotopic (exact) mass is 148 g/mol. The number of nitrogen functional groups attached to an aromatic ring is 1. The Balaban J connectivity index is 3.27. The van der Waals surface area contributed by atoms with Gasteiger partial charge >= 0.3 is 0 Å². The molecular formula is C7H8N4. The van der Waals surface area contributed by atoms with Crippen molar-refractivity contribution in [2.24, 2.45) is 0 Å². The average Bonchev–Trinajstić information content (AvgIpc) is 2.04. The third-order valence-electron chi connectivity index (χ3n) is 1.40. The van der Waals surface area contributed by atoms with Gasteiger partial charge < -0.3 is 5.73 Å². The summed E-state index contributed by atoms with van der Waals surface area (Å²) >= 11 is 0. The fraction of sp³-hybridized carbons (Fsp3) is 0.286. The van der Waals surface area contributed by atoms with E-state index in [-0.39, 0.29) is 5.82 Å². The number of rotatable bonds is 1. The van der Waals surface area contributed by atoms with E-state index in [1.54, 1.807) is 0 Å². The normalized spacial score (nSPS) is 9.09. The predicted octanol–water partition coefficient (Wildman–Crippen LogP) is 0.493. The Kier molecular flexibility index (Phi) is 2.02. The SMILES string of the molecule is CCc1ncnc(N)c1C#N. The molecule has 0 aromatic carbocycles. The first-order valence-corrected chi connectivity index (χ1v) is 3.29. The first kappa shape index (κ1) is 7.48. The van der Waals surface area contributed by atoms with E-state index in [1.807, 2.05) is 13.0 Å². The smallest absolute Gasteiger partial charge is 0.145 e. The van der Waals surface area contributed by atoms with Crippen LogP contribution in [0.4, 0.5) is 5.82 Å². The molecule has 0 spiro atoms. The molecule has 0 saturated carbocycles. The van der Waals surface area contributed by atoms with Crippen LogP contribution >= 0.6 is 0 Å². The summed E-state index contributed by atoms with van der Waals surface area (Å²) in [5.41, 5.74) is 6.54. The first-order valence-electron chi connectivity index (χ1n) is 3.29. The number of nitriles is 1. The molecule has 0 atom stereocenters. The van der Waals surface area contributed by atoms with Crippen molar-refractivity contribution in [3.05, 3.63) is 17.6 Å². The van der Waals surface area contributed by atoms with Crippen LogP contribution in [0.25, 0.3) is 0 Å². The minimum Gasteiger partial charge on any atom is -0.382 e. The van der Waals surface area contributed by atoms with E-state index in [0.29, 0.717) is 17.7 Å². The molecule has 0 fully saturated rings. The standard InChI is InChI=1S/C7H8N4/c1-2-6-5(3-8)7(9)11-4-10-6/h4H,2H2,1H3,(H2,9,10,11). The number of hydrogen-bond donors (Lipinski definition) is 1. The lowest BCUT2D eigenvalue weighted by atomic mass is 10.2. The molecule has 0 aliphatic rings. The van der Waals surface area contributed by atoms with Gasteiger partial charge in [0.25, 0.3) is 0 Å². The Morgan fingerprint density at radius 2 is 2.36 bits per heavy atom. The van der Waals surface area contributed by atoms with Gasteiger partial charge in [-0.2, -0.15) is 5.26 Å². The van der Waals surface area contributed by atoms with Gasteiger partial charge in [0.15, 0.2) is 0 Å². The van der Waals surface area contributed by atoms with E-state index < -0.39 is 0 Å². The van der Waals surface area contributed by atoms with Crippen molar-refractivity contribution < 1.29 is 0 Å². The van der Waals surface area contributed by atoms with Gasteiger partial charge in [0, 0.05) is 0 Å². The van der Waals surface area contributed by atoms with Gasteiger partial charge in [-0.05, 0) is 6.42 Å². The van der Waals surface area contributed by atoms with Crippen LogP contribution in [0.15, 0.2) is 6.33 Å². The number of nitrogens with zero attached hydrogens (tertiary/aromatic N) is 3. The van der Waals surface area contributed by atoms with Crippen molar-refractivity contribution in [2.45, 2.75) is 13.3 Å². The summed E-state index contributed by atoms with van der Waals surface area (Å²) < 4.78 is 0. The third-order valence-corrected chi connectivity index (χ3v) is 1.40. The molecule has 56 valence electrons. The molecule has 1 heterocycles. The van der Waals surface area contributed by atoms with Crippen LogP contribution in [0.3, 0.4) is 0 Å². The Morgan fingerprint density at radius 3 is 2.82 bits per heavy atom. The molecule has 1 aromatic heterocycles. The maximum absolute atomic E-state index is 8.62. The Morgan fingerprint density at radius 1 is 1.64 bits per heavy atom. The summed E-state index contributed by atoms with van der Waals surface area (Å²) in [4.78, 5) is 7.62. The second-order valence-electron chi connectivity index (χ2n) is 2.05. The van der Waals surface area contributed by atoms with Gasteiger partial charge in [0.1, 0.15) is 23.8 Å². The fourth-order valence-electron chi connectivity index (χ4n) is 0.828. The molecule has 11 heavy (non-hydrogen) atoms. The van der Waals surface area contributed by atoms with E-state index >= 15 is 0 Å². The van der Waals surface area contributed by atoms with E-state index in [1.165, 1.54) is 6.33 Å². The van der Waals surface area contributed by atoms with Gasteiger partial charge in [0.05, 0.1) is 5.69 Å². The van der Waals surface area contributed by atoms with Crippen molar-refractivity contribution in [3.8, 4) is 6.07 Å². The maximum Gasteiger partial charge on any atom is 0.145 e. The molecular weight excluding hydrogens is 140 g/mol. The second kappa shape index (κ2) is 2.97. The molecule has 0 radical (unpaired) electrons. The van der Waals surface area contributed by atoms with E-state index in [0.717, 1.165) is 0 Å². The van der Waals surface area contributed by atoms with E-state index in [9.17, 15) is 0 Å². The van der Waals surface area contributed by atoms with Crippen LogP contribution in [-0.2, 0) is 6.42 Å². The number of nitrogens with two attached hydrogens (primary N) is 1. The highest BCUT2D eigenvalue weighted by molar-refractivity contribution is 5.50. The minimum absolute atomic E-state index is 0.263. The van der Waals surface area contributed by atoms with Crippen LogP contribution < -0.4 is 5.73 Å². The van der Waals surface area contributed by atoms with Gasteiger partial charge in [-0.3, -0.25) is 0 Å². The zero-order chi connectivity index (χ0) is 8.27. The average molecular weight is 148 g/mol. The van der Waals surface area contributed by atoms with Crippen molar-refractivity contribution >= 4 is 5.82 Å². The zero-order valence-corrected chi connectivity index (χ0v) is 6.20. The Labute approximate surface area is 64.7 Å². The summed E-state index contributed by atoms with van der Waals surface area (Å²) in [6.07, 6.45) is 2.07. The highest BCUT2D eigenvalue weighted by Crippen LogP contribution is 2.09.